The van der Waals surface area contributed by atoms with Gasteiger partial charge >= 0.3 is 0 Å². The first kappa shape index (κ1) is 18.3. The molecule has 0 radical (unpaired) electrons. The molecule has 0 aromatic rings. The molecule has 1 fully saturated rings. The fourth-order valence-corrected chi connectivity index (χ4v) is 1.87. The second kappa shape index (κ2) is 8.50. The fourth-order valence-electron chi connectivity index (χ4n) is 1.47. The lowest BCUT2D eigenvalue weighted by atomic mass is 10.1. The maximum absolute atomic E-state index is 10.6. The van der Waals surface area contributed by atoms with Gasteiger partial charge in [-0.15, -0.1) is 0 Å². The van der Waals surface area contributed by atoms with E-state index in [-0.39, 0.29) is 5.60 Å². The van der Waals surface area contributed by atoms with E-state index in [0.717, 1.165) is 32.2 Å². The third-order valence-corrected chi connectivity index (χ3v) is 2.98. The van der Waals surface area contributed by atoms with Gasteiger partial charge < -0.3 is 10.1 Å². The van der Waals surface area contributed by atoms with Gasteiger partial charge in [-0.1, -0.05) is 0 Å². The minimum Gasteiger partial charge on any atom is -0.462 e. The van der Waals surface area contributed by atoms with Gasteiger partial charge in [0.1, 0.15) is 5.60 Å². The van der Waals surface area contributed by atoms with Gasteiger partial charge in [0.15, 0.2) is 0 Å². The summed E-state index contributed by atoms with van der Waals surface area (Å²) in [5, 5.41) is 3.21. The Labute approximate surface area is 116 Å². The van der Waals surface area contributed by atoms with Gasteiger partial charge in [0, 0.05) is 0 Å². The molecule has 7 heteroatoms. The van der Waals surface area contributed by atoms with E-state index in [1.54, 1.807) is 0 Å². The van der Waals surface area contributed by atoms with Crippen LogP contribution in [-0.4, -0.2) is 46.4 Å². The molecule has 0 aromatic carbocycles. The molecule has 0 aliphatic carbocycles. The number of hydrogen-bond acceptors (Lipinski definition) is 6. The lowest BCUT2D eigenvalue weighted by molar-refractivity contribution is -0.138. The number of carbonyl (C=O) groups excluding carboxylic acids is 1. The molecule has 1 saturated heterocycles. The SMILES string of the molecule is CC(C)(C)OC=O.CS(=O)(=O)OCC[C@H]1CCNC1. The van der Waals surface area contributed by atoms with Gasteiger partial charge in [-0.3, -0.25) is 8.98 Å². The predicted molar refractivity (Wildman–Crippen MR) is 73.3 cm³/mol. The lowest BCUT2D eigenvalue weighted by Crippen LogP contribution is -2.17. The third-order valence-electron chi connectivity index (χ3n) is 2.39. The van der Waals surface area contributed by atoms with Crippen LogP contribution in [0, 0.1) is 5.92 Å². The number of nitrogens with one attached hydrogen (secondary N) is 1. The number of carbonyl (C=O) groups is 1. The molecule has 0 aromatic heterocycles. The van der Waals surface area contributed by atoms with Crippen LogP contribution in [-0.2, 0) is 23.8 Å². The van der Waals surface area contributed by atoms with E-state index in [0.29, 0.717) is 19.0 Å². The van der Waals surface area contributed by atoms with Crippen molar-refractivity contribution in [2.45, 2.75) is 39.2 Å². The Morgan fingerprint density at radius 2 is 2.00 bits per heavy atom. The van der Waals surface area contributed by atoms with Crippen LogP contribution >= 0.6 is 0 Å². The van der Waals surface area contributed by atoms with Crippen LogP contribution in [0.5, 0.6) is 0 Å². The second-order valence-corrected chi connectivity index (χ2v) is 7.14. The van der Waals surface area contributed by atoms with Crippen LogP contribution in [0.1, 0.15) is 33.6 Å². The number of rotatable bonds is 5. The van der Waals surface area contributed by atoms with Crippen molar-refractivity contribution in [1.82, 2.24) is 5.32 Å². The zero-order chi connectivity index (χ0) is 14.9. The topological polar surface area (TPSA) is 81.7 Å². The molecule has 0 spiro atoms. The number of ether oxygens (including phenoxy) is 1. The molecule has 0 saturated carbocycles. The molecule has 6 nitrogen and oxygen atoms in total. The first-order valence-corrected chi connectivity index (χ1v) is 8.12. The summed E-state index contributed by atoms with van der Waals surface area (Å²) < 4.78 is 30.3. The molecule has 114 valence electrons. The Kier molecular flexibility index (Phi) is 8.20. The van der Waals surface area contributed by atoms with E-state index in [4.69, 9.17) is 0 Å². The van der Waals surface area contributed by atoms with Crippen molar-refractivity contribution >= 4 is 16.6 Å². The largest absolute Gasteiger partial charge is 0.462 e. The summed E-state index contributed by atoms with van der Waals surface area (Å²) in [6.45, 7) is 8.28. The highest BCUT2D eigenvalue weighted by atomic mass is 32.2. The molecule has 1 heterocycles. The maximum atomic E-state index is 10.6. The minimum atomic E-state index is -3.24. The minimum absolute atomic E-state index is 0.318. The van der Waals surface area contributed by atoms with Gasteiger partial charge in [-0.25, -0.2) is 0 Å². The standard InChI is InChI=1S/C7H15NO3S.C5H10O2/c1-12(9,10)11-5-3-7-2-4-8-6-7;1-5(2,3)7-4-6/h7-8H,2-6H2,1H3;4H,1-3H3/t7-;/m1./s1. The maximum Gasteiger partial charge on any atom is 0.293 e. The first-order valence-electron chi connectivity index (χ1n) is 6.30. The summed E-state index contributed by atoms with van der Waals surface area (Å²) in [4.78, 5) is 9.60. The summed E-state index contributed by atoms with van der Waals surface area (Å²) in [6, 6.07) is 0. The average Bonchev–Trinajstić information content (AvgIpc) is 2.67. The van der Waals surface area contributed by atoms with Crippen LogP contribution in [0.3, 0.4) is 0 Å². The monoisotopic (exact) mass is 295 g/mol. The number of hydrogen-bond donors (Lipinski definition) is 1. The van der Waals surface area contributed by atoms with E-state index < -0.39 is 10.1 Å². The molecule has 1 N–H and O–H groups in total. The van der Waals surface area contributed by atoms with Crippen molar-refractivity contribution in [1.29, 1.82) is 0 Å². The highest BCUT2D eigenvalue weighted by Gasteiger charge is 2.14. The van der Waals surface area contributed by atoms with Crippen molar-refractivity contribution in [3.8, 4) is 0 Å². The van der Waals surface area contributed by atoms with Crippen LogP contribution in [0.2, 0.25) is 0 Å². The molecule has 1 aliphatic rings. The Morgan fingerprint density at radius 1 is 1.37 bits per heavy atom. The third kappa shape index (κ3) is 13.6. The molecule has 0 unspecified atom stereocenters. The summed E-state index contributed by atoms with van der Waals surface area (Å²) >= 11 is 0. The van der Waals surface area contributed by atoms with Crippen molar-refractivity contribution in [3.05, 3.63) is 0 Å². The van der Waals surface area contributed by atoms with Crippen LogP contribution in [0.4, 0.5) is 0 Å². The van der Waals surface area contributed by atoms with Crippen molar-refractivity contribution < 1.29 is 22.1 Å². The lowest BCUT2D eigenvalue weighted by Gasteiger charge is -2.14. The Balaban J connectivity index is 0.000000399. The van der Waals surface area contributed by atoms with E-state index >= 15 is 0 Å². The van der Waals surface area contributed by atoms with Gasteiger partial charge in [0.25, 0.3) is 16.6 Å². The molecule has 19 heavy (non-hydrogen) atoms. The quantitative estimate of drug-likeness (QED) is 0.600. The normalized spacial score (nSPS) is 19.5. The molecule has 1 atom stereocenters. The van der Waals surface area contributed by atoms with Gasteiger partial charge in [0.2, 0.25) is 0 Å². The van der Waals surface area contributed by atoms with E-state index in [9.17, 15) is 13.2 Å². The smallest absolute Gasteiger partial charge is 0.293 e. The Bertz CT molecular complexity index is 342. The molecular weight excluding hydrogens is 270 g/mol. The van der Waals surface area contributed by atoms with E-state index in [1.807, 2.05) is 20.8 Å². The molecule has 1 rings (SSSR count). The van der Waals surface area contributed by atoms with E-state index in [1.165, 1.54) is 0 Å². The molecule has 0 bridgehead atoms. The summed E-state index contributed by atoms with van der Waals surface area (Å²) in [6.07, 6.45) is 3.05. The predicted octanol–water partition coefficient (Wildman–Crippen LogP) is 0.920. The van der Waals surface area contributed by atoms with Gasteiger partial charge in [-0.05, 0) is 52.6 Å². The first-order chi connectivity index (χ1) is 8.64. The van der Waals surface area contributed by atoms with Gasteiger partial charge in [0.05, 0.1) is 12.9 Å². The Hall–Kier alpha value is -0.660. The van der Waals surface area contributed by atoms with Crippen molar-refractivity contribution in [2.24, 2.45) is 5.92 Å². The molecule has 0 amide bonds. The molecule has 1 aliphatic heterocycles. The highest BCUT2D eigenvalue weighted by Crippen LogP contribution is 2.12. The Morgan fingerprint density at radius 3 is 2.32 bits per heavy atom. The summed E-state index contributed by atoms with van der Waals surface area (Å²) in [5.74, 6) is 0.590. The van der Waals surface area contributed by atoms with Gasteiger partial charge in [-0.2, -0.15) is 8.42 Å². The van der Waals surface area contributed by atoms with Crippen LogP contribution in [0.15, 0.2) is 0 Å². The zero-order valence-electron chi connectivity index (χ0n) is 12.1. The van der Waals surface area contributed by atoms with Crippen molar-refractivity contribution in [3.63, 3.8) is 0 Å². The highest BCUT2D eigenvalue weighted by molar-refractivity contribution is 7.85. The fraction of sp³-hybridized carbons (Fsp3) is 0.917. The van der Waals surface area contributed by atoms with Crippen LogP contribution in [0.25, 0.3) is 0 Å². The summed E-state index contributed by atoms with van der Waals surface area (Å²) in [5.41, 5.74) is -0.318. The summed E-state index contributed by atoms with van der Waals surface area (Å²) in [7, 11) is -3.24. The molecular formula is C12H25NO5S. The van der Waals surface area contributed by atoms with E-state index in [2.05, 4.69) is 14.2 Å². The zero-order valence-corrected chi connectivity index (χ0v) is 13.0. The van der Waals surface area contributed by atoms with Crippen LogP contribution < -0.4 is 5.32 Å². The average molecular weight is 295 g/mol. The second-order valence-electron chi connectivity index (χ2n) is 5.50. The van der Waals surface area contributed by atoms with Crippen molar-refractivity contribution in [2.75, 3.05) is 26.0 Å².